The van der Waals surface area contributed by atoms with Crippen molar-refractivity contribution in [2.45, 2.75) is 0 Å². The van der Waals surface area contributed by atoms with Crippen molar-refractivity contribution in [3.63, 3.8) is 0 Å². The number of imidazole rings is 1. The molecule has 1 aromatic carbocycles. The molecule has 0 atom stereocenters. The summed E-state index contributed by atoms with van der Waals surface area (Å²) in [5, 5.41) is 10.6. The molecule has 0 saturated heterocycles. The molecule has 2 N–H and O–H groups in total. The van der Waals surface area contributed by atoms with Crippen LogP contribution in [0.1, 0.15) is 0 Å². The van der Waals surface area contributed by atoms with Crippen LogP contribution in [0.5, 0.6) is 5.88 Å². The Hall–Kier alpha value is -2.60. The van der Waals surface area contributed by atoms with Crippen LogP contribution >= 0.6 is 11.6 Å². The molecule has 21 heavy (non-hydrogen) atoms. The molecule has 106 valence electrons. The lowest BCUT2D eigenvalue weighted by Crippen LogP contribution is -2.13. The first-order valence-corrected chi connectivity index (χ1v) is 6.50. The Bertz CT molecular complexity index is 869. The Labute approximate surface area is 124 Å². The third-order valence-corrected chi connectivity index (χ3v) is 3.31. The molecule has 6 nitrogen and oxygen atoms in total. The van der Waals surface area contributed by atoms with E-state index in [1.807, 2.05) is 0 Å². The summed E-state index contributed by atoms with van der Waals surface area (Å²) < 4.78 is 1.69. The van der Waals surface area contributed by atoms with Crippen molar-refractivity contribution in [3.8, 4) is 28.5 Å². The monoisotopic (exact) mass is 302 g/mol. The van der Waals surface area contributed by atoms with Gasteiger partial charge in [0.2, 0.25) is 5.88 Å². The third-order valence-electron chi connectivity index (χ3n) is 3.07. The normalized spacial score (nSPS) is 10.8. The summed E-state index contributed by atoms with van der Waals surface area (Å²) in [4.78, 5) is 22.9. The van der Waals surface area contributed by atoms with Crippen molar-refractivity contribution in [1.29, 1.82) is 0 Å². The van der Waals surface area contributed by atoms with Crippen LogP contribution < -0.4 is 5.56 Å². The lowest BCUT2D eigenvalue weighted by molar-refractivity contribution is 0.454. The number of nitrogens with zero attached hydrogens (tertiary/aromatic N) is 3. The fourth-order valence-electron chi connectivity index (χ4n) is 2.07. The third kappa shape index (κ3) is 2.41. The van der Waals surface area contributed by atoms with E-state index >= 15 is 0 Å². The van der Waals surface area contributed by atoms with Gasteiger partial charge in [-0.2, -0.15) is 4.98 Å². The highest BCUT2D eigenvalue weighted by molar-refractivity contribution is 6.30. The van der Waals surface area contributed by atoms with E-state index in [2.05, 4.69) is 15.0 Å². The maximum atomic E-state index is 12.3. The number of aryl methyl sites for hydroxylation is 1. The zero-order valence-corrected chi connectivity index (χ0v) is 11.8. The fraction of sp³-hybridized carbons (Fsp3) is 0.0714. The van der Waals surface area contributed by atoms with Crippen LogP contribution in [0, 0.1) is 0 Å². The van der Waals surface area contributed by atoms with Crippen molar-refractivity contribution in [1.82, 2.24) is 19.5 Å². The summed E-state index contributed by atoms with van der Waals surface area (Å²) in [6.07, 6.45) is 3.13. The van der Waals surface area contributed by atoms with Gasteiger partial charge < -0.3 is 14.7 Å². The molecular weight excluding hydrogens is 292 g/mol. The molecule has 0 aliphatic rings. The number of benzene rings is 1. The minimum absolute atomic E-state index is 0.0865. The molecule has 0 unspecified atom stereocenters. The molecule has 0 bridgehead atoms. The van der Waals surface area contributed by atoms with E-state index < -0.39 is 5.56 Å². The number of hydrogen-bond acceptors (Lipinski definition) is 4. The van der Waals surface area contributed by atoms with Gasteiger partial charge in [0.25, 0.3) is 5.56 Å². The van der Waals surface area contributed by atoms with Crippen LogP contribution in [0.2, 0.25) is 5.02 Å². The molecule has 3 aromatic rings. The fourth-order valence-corrected chi connectivity index (χ4v) is 2.26. The lowest BCUT2D eigenvalue weighted by Gasteiger charge is -2.07. The zero-order chi connectivity index (χ0) is 15.0. The SMILES string of the molecule is Cn1cncc1-c1nc(O)c(-c2cccc(Cl)c2)c(=O)[nH]1. The Kier molecular flexibility index (Phi) is 3.23. The molecule has 2 heterocycles. The van der Waals surface area contributed by atoms with E-state index in [0.717, 1.165) is 0 Å². The van der Waals surface area contributed by atoms with Crippen molar-refractivity contribution < 1.29 is 5.11 Å². The number of hydrogen-bond donors (Lipinski definition) is 2. The van der Waals surface area contributed by atoms with Crippen molar-refractivity contribution in [3.05, 3.63) is 52.2 Å². The summed E-state index contributed by atoms with van der Waals surface area (Å²) in [5.41, 5.74) is 0.745. The Morgan fingerprint density at radius 3 is 2.81 bits per heavy atom. The van der Waals surface area contributed by atoms with E-state index in [1.165, 1.54) is 0 Å². The van der Waals surface area contributed by atoms with Crippen molar-refractivity contribution >= 4 is 11.6 Å². The smallest absolute Gasteiger partial charge is 0.262 e. The summed E-state index contributed by atoms with van der Waals surface area (Å²) >= 11 is 5.91. The number of nitrogens with one attached hydrogen (secondary N) is 1. The van der Waals surface area contributed by atoms with Gasteiger partial charge in [-0.1, -0.05) is 23.7 Å². The van der Waals surface area contributed by atoms with Crippen LogP contribution in [-0.4, -0.2) is 24.6 Å². The number of halogens is 1. The van der Waals surface area contributed by atoms with Crippen LogP contribution in [0.3, 0.4) is 0 Å². The molecule has 3 rings (SSSR count). The van der Waals surface area contributed by atoms with Crippen LogP contribution in [0.25, 0.3) is 22.6 Å². The average molecular weight is 303 g/mol. The van der Waals surface area contributed by atoms with E-state index in [1.54, 1.807) is 48.4 Å². The van der Waals surface area contributed by atoms with E-state index in [4.69, 9.17) is 11.6 Å². The molecule has 0 aliphatic heterocycles. The first kappa shape index (κ1) is 13.4. The summed E-state index contributed by atoms with van der Waals surface area (Å²) in [5.74, 6) is -0.0968. The molecule has 7 heteroatoms. The quantitative estimate of drug-likeness (QED) is 0.760. The van der Waals surface area contributed by atoms with Crippen LogP contribution in [0.4, 0.5) is 0 Å². The Morgan fingerprint density at radius 2 is 2.19 bits per heavy atom. The van der Waals surface area contributed by atoms with Gasteiger partial charge in [0.15, 0.2) is 5.82 Å². The van der Waals surface area contributed by atoms with Gasteiger partial charge >= 0.3 is 0 Å². The van der Waals surface area contributed by atoms with Gasteiger partial charge in [-0.3, -0.25) is 4.79 Å². The highest BCUT2D eigenvalue weighted by atomic mass is 35.5. The maximum Gasteiger partial charge on any atom is 0.262 e. The highest BCUT2D eigenvalue weighted by Gasteiger charge is 2.15. The van der Waals surface area contributed by atoms with Gasteiger partial charge in [0.1, 0.15) is 11.3 Å². The molecule has 0 fully saturated rings. The van der Waals surface area contributed by atoms with Gasteiger partial charge in [-0.05, 0) is 17.7 Å². The van der Waals surface area contributed by atoms with E-state index in [9.17, 15) is 9.90 Å². The average Bonchev–Trinajstić information content (AvgIpc) is 2.84. The zero-order valence-electron chi connectivity index (χ0n) is 11.0. The number of aromatic amines is 1. The number of aromatic hydroxyl groups is 1. The predicted octanol–water partition coefficient (Wildman–Crippen LogP) is 2.20. The van der Waals surface area contributed by atoms with Gasteiger partial charge in [0.05, 0.1) is 12.5 Å². The topological polar surface area (TPSA) is 83.8 Å². The highest BCUT2D eigenvalue weighted by Crippen LogP contribution is 2.27. The second-order valence-corrected chi connectivity index (χ2v) is 4.95. The lowest BCUT2D eigenvalue weighted by atomic mass is 10.1. The van der Waals surface area contributed by atoms with Crippen LogP contribution in [-0.2, 0) is 7.05 Å². The second kappa shape index (κ2) is 5.06. The predicted molar refractivity (Wildman–Crippen MR) is 79.2 cm³/mol. The van der Waals surface area contributed by atoms with Crippen molar-refractivity contribution in [2.75, 3.05) is 0 Å². The molecule has 0 spiro atoms. The first-order valence-electron chi connectivity index (χ1n) is 6.12. The standard InChI is InChI=1S/C14H11ClN4O2/c1-19-7-16-6-10(19)12-17-13(20)11(14(21)18-12)8-3-2-4-9(15)5-8/h2-7H,1H3,(H2,17,18,20,21). The largest absolute Gasteiger partial charge is 0.493 e. The minimum Gasteiger partial charge on any atom is -0.493 e. The molecule has 0 aliphatic carbocycles. The summed E-state index contributed by atoms with van der Waals surface area (Å²) in [6.45, 7) is 0. The van der Waals surface area contributed by atoms with Crippen LogP contribution in [0.15, 0.2) is 41.6 Å². The number of rotatable bonds is 2. The maximum absolute atomic E-state index is 12.3. The first-order chi connectivity index (χ1) is 10.1. The molecular formula is C14H11ClN4O2. The summed E-state index contributed by atoms with van der Waals surface area (Å²) in [7, 11) is 1.77. The Balaban J connectivity index is 2.18. The van der Waals surface area contributed by atoms with Gasteiger partial charge in [0, 0.05) is 12.1 Å². The van der Waals surface area contributed by atoms with E-state index in [0.29, 0.717) is 16.3 Å². The van der Waals surface area contributed by atoms with E-state index in [-0.39, 0.29) is 17.3 Å². The minimum atomic E-state index is -0.444. The van der Waals surface area contributed by atoms with Gasteiger partial charge in [-0.15, -0.1) is 0 Å². The van der Waals surface area contributed by atoms with Crippen molar-refractivity contribution in [2.24, 2.45) is 7.05 Å². The summed E-state index contributed by atoms with van der Waals surface area (Å²) in [6, 6.07) is 6.66. The Morgan fingerprint density at radius 1 is 1.38 bits per heavy atom. The number of H-pyrrole nitrogens is 1. The molecule has 0 amide bonds. The van der Waals surface area contributed by atoms with Gasteiger partial charge in [-0.25, -0.2) is 4.98 Å². The number of aromatic nitrogens is 4. The second-order valence-electron chi connectivity index (χ2n) is 4.51. The molecule has 0 saturated carbocycles. The molecule has 2 aromatic heterocycles. The molecule has 0 radical (unpaired) electrons.